The van der Waals surface area contributed by atoms with Crippen molar-refractivity contribution in [3.05, 3.63) is 58.1 Å². The van der Waals surface area contributed by atoms with Crippen molar-refractivity contribution in [1.29, 1.82) is 0 Å². The number of anilines is 2. The van der Waals surface area contributed by atoms with E-state index in [0.29, 0.717) is 11.3 Å². The van der Waals surface area contributed by atoms with Gasteiger partial charge in [0, 0.05) is 11.8 Å². The molecule has 0 aliphatic rings. The van der Waals surface area contributed by atoms with Crippen LogP contribution < -0.4 is 10.5 Å². The maximum atomic E-state index is 13.6. The number of nitrogens with one attached hydrogen (secondary N) is 1. The van der Waals surface area contributed by atoms with Crippen LogP contribution in [0.4, 0.5) is 20.2 Å². The van der Waals surface area contributed by atoms with Gasteiger partial charge in [-0.3, -0.25) is 4.72 Å². The zero-order valence-electron chi connectivity index (χ0n) is 10.6. The summed E-state index contributed by atoms with van der Waals surface area (Å²) in [6, 6.07) is 7.85. The summed E-state index contributed by atoms with van der Waals surface area (Å²) in [5, 5.41) is 0. The maximum absolute atomic E-state index is 13.6. The number of hydrogen-bond acceptors (Lipinski definition) is 3. The van der Waals surface area contributed by atoms with Crippen LogP contribution in [0.15, 0.2) is 40.9 Å². The van der Waals surface area contributed by atoms with Gasteiger partial charge < -0.3 is 5.73 Å². The van der Waals surface area contributed by atoms with Crippen molar-refractivity contribution < 1.29 is 17.2 Å². The minimum Gasteiger partial charge on any atom is -0.399 e. The largest absolute Gasteiger partial charge is 0.399 e. The molecule has 4 nitrogen and oxygen atoms in total. The quantitative estimate of drug-likeness (QED) is 0.635. The summed E-state index contributed by atoms with van der Waals surface area (Å²) in [6.07, 6.45) is 0. The summed E-state index contributed by atoms with van der Waals surface area (Å²) in [7, 11) is -3.87. The fourth-order valence-corrected chi connectivity index (χ4v) is 3.15. The van der Waals surface area contributed by atoms with Crippen LogP contribution in [0.3, 0.4) is 0 Å². The smallest absolute Gasteiger partial charge is 0.237 e. The Hall–Kier alpha value is -1.67. The van der Waals surface area contributed by atoms with Crippen molar-refractivity contribution in [2.75, 3.05) is 10.5 Å². The molecule has 0 unspecified atom stereocenters. The SMILES string of the molecule is Nc1ccc(CS(=O)(=O)Nc2cc(F)c(Br)cc2F)cc1. The summed E-state index contributed by atoms with van der Waals surface area (Å²) in [6.45, 7) is 0. The van der Waals surface area contributed by atoms with Gasteiger partial charge in [0.1, 0.15) is 11.6 Å². The standard InChI is InChI=1S/C13H11BrF2N2O2S/c14-10-5-12(16)13(6-11(10)15)18-21(19,20)7-8-1-3-9(17)4-2-8/h1-6,18H,7,17H2. The van der Waals surface area contributed by atoms with Crippen LogP contribution in [0.25, 0.3) is 0 Å². The molecule has 8 heteroatoms. The second kappa shape index (κ2) is 5.98. The molecule has 0 spiro atoms. The zero-order valence-corrected chi connectivity index (χ0v) is 13.0. The minimum absolute atomic E-state index is 0.0820. The molecule has 21 heavy (non-hydrogen) atoms. The molecule has 112 valence electrons. The molecule has 0 amide bonds. The van der Waals surface area contributed by atoms with Crippen molar-refractivity contribution >= 4 is 37.3 Å². The molecule has 0 saturated heterocycles. The van der Waals surface area contributed by atoms with Gasteiger partial charge >= 0.3 is 0 Å². The Morgan fingerprint density at radius 2 is 1.71 bits per heavy atom. The van der Waals surface area contributed by atoms with Gasteiger partial charge in [-0.25, -0.2) is 17.2 Å². The molecule has 0 radical (unpaired) electrons. The number of sulfonamides is 1. The Morgan fingerprint density at radius 3 is 2.33 bits per heavy atom. The van der Waals surface area contributed by atoms with E-state index in [4.69, 9.17) is 5.73 Å². The van der Waals surface area contributed by atoms with E-state index < -0.39 is 27.3 Å². The first kappa shape index (κ1) is 15.7. The molecule has 0 heterocycles. The van der Waals surface area contributed by atoms with Gasteiger partial charge in [-0.2, -0.15) is 0 Å². The second-order valence-electron chi connectivity index (χ2n) is 4.35. The van der Waals surface area contributed by atoms with Crippen LogP contribution in [0.1, 0.15) is 5.56 Å². The Morgan fingerprint density at radius 1 is 1.10 bits per heavy atom. The zero-order chi connectivity index (χ0) is 15.6. The van der Waals surface area contributed by atoms with Gasteiger partial charge in [-0.1, -0.05) is 12.1 Å². The topological polar surface area (TPSA) is 72.2 Å². The molecule has 2 aromatic rings. The Bertz CT molecular complexity index is 764. The summed E-state index contributed by atoms with van der Waals surface area (Å²) in [5.41, 5.74) is 6.05. The van der Waals surface area contributed by atoms with E-state index in [9.17, 15) is 17.2 Å². The van der Waals surface area contributed by atoms with Gasteiger partial charge in [0.2, 0.25) is 10.0 Å². The third-order valence-electron chi connectivity index (χ3n) is 2.61. The van der Waals surface area contributed by atoms with E-state index >= 15 is 0 Å². The molecule has 0 aromatic heterocycles. The summed E-state index contributed by atoms with van der Waals surface area (Å²) < 4.78 is 52.8. The van der Waals surface area contributed by atoms with Crippen molar-refractivity contribution in [1.82, 2.24) is 0 Å². The highest BCUT2D eigenvalue weighted by molar-refractivity contribution is 9.10. The predicted molar refractivity (Wildman–Crippen MR) is 81.2 cm³/mol. The average molecular weight is 377 g/mol. The van der Waals surface area contributed by atoms with E-state index in [1.54, 1.807) is 24.3 Å². The third kappa shape index (κ3) is 4.15. The molecule has 2 rings (SSSR count). The average Bonchev–Trinajstić information content (AvgIpc) is 2.38. The minimum atomic E-state index is -3.87. The van der Waals surface area contributed by atoms with Crippen LogP contribution in [0, 0.1) is 11.6 Å². The van der Waals surface area contributed by atoms with Crippen molar-refractivity contribution in [3.63, 3.8) is 0 Å². The van der Waals surface area contributed by atoms with E-state index in [-0.39, 0.29) is 10.2 Å². The maximum Gasteiger partial charge on any atom is 0.237 e. The first-order valence-corrected chi connectivity index (χ1v) is 8.21. The number of halogens is 3. The van der Waals surface area contributed by atoms with E-state index in [0.717, 1.165) is 12.1 Å². The number of nitrogens with two attached hydrogens (primary N) is 1. The molecule has 0 aliphatic carbocycles. The molecular weight excluding hydrogens is 366 g/mol. The lowest BCUT2D eigenvalue weighted by atomic mass is 10.2. The van der Waals surface area contributed by atoms with Crippen LogP contribution in [-0.4, -0.2) is 8.42 Å². The molecule has 3 N–H and O–H groups in total. The Kier molecular flexibility index (Phi) is 4.48. The lowest BCUT2D eigenvalue weighted by Gasteiger charge is -2.10. The lowest BCUT2D eigenvalue weighted by molar-refractivity contribution is 0.591. The van der Waals surface area contributed by atoms with Gasteiger partial charge in [-0.05, 0) is 39.7 Å². The highest BCUT2D eigenvalue weighted by Gasteiger charge is 2.16. The number of hydrogen-bond donors (Lipinski definition) is 2. The molecule has 0 atom stereocenters. The van der Waals surface area contributed by atoms with Crippen molar-refractivity contribution in [3.8, 4) is 0 Å². The molecule has 0 saturated carbocycles. The van der Waals surface area contributed by atoms with Crippen LogP contribution >= 0.6 is 15.9 Å². The summed E-state index contributed by atoms with van der Waals surface area (Å²) in [4.78, 5) is 0. The highest BCUT2D eigenvalue weighted by atomic mass is 79.9. The van der Waals surface area contributed by atoms with E-state index in [2.05, 4.69) is 15.9 Å². The van der Waals surface area contributed by atoms with Crippen molar-refractivity contribution in [2.24, 2.45) is 0 Å². The van der Waals surface area contributed by atoms with Gasteiger partial charge in [0.25, 0.3) is 0 Å². The summed E-state index contributed by atoms with van der Waals surface area (Å²) >= 11 is 2.82. The first-order chi connectivity index (χ1) is 9.77. The fraction of sp³-hybridized carbons (Fsp3) is 0.0769. The van der Waals surface area contributed by atoms with E-state index in [1.165, 1.54) is 0 Å². The number of benzene rings is 2. The molecular formula is C13H11BrF2N2O2S. The van der Waals surface area contributed by atoms with Gasteiger partial charge in [-0.15, -0.1) is 0 Å². The molecule has 0 aliphatic heterocycles. The Balaban J connectivity index is 2.21. The predicted octanol–water partition coefficient (Wildman–Crippen LogP) is 3.25. The van der Waals surface area contributed by atoms with E-state index in [1.807, 2.05) is 4.72 Å². The van der Waals surface area contributed by atoms with Crippen LogP contribution in [0.2, 0.25) is 0 Å². The highest BCUT2D eigenvalue weighted by Crippen LogP contribution is 2.24. The lowest BCUT2D eigenvalue weighted by Crippen LogP contribution is -2.16. The van der Waals surface area contributed by atoms with Gasteiger partial charge in [0.15, 0.2) is 0 Å². The Labute approximate surface area is 129 Å². The molecule has 2 aromatic carbocycles. The second-order valence-corrected chi connectivity index (χ2v) is 6.93. The first-order valence-electron chi connectivity index (χ1n) is 5.76. The van der Waals surface area contributed by atoms with Gasteiger partial charge in [0.05, 0.1) is 15.9 Å². The molecule has 0 bridgehead atoms. The van der Waals surface area contributed by atoms with Crippen molar-refractivity contribution in [2.45, 2.75) is 5.75 Å². The third-order valence-corrected chi connectivity index (χ3v) is 4.46. The number of nitrogen functional groups attached to an aromatic ring is 1. The van der Waals surface area contributed by atoms with Crippen LogP contribution in [0.5, 0.6) is 0 Å². The van der Waals surface area contributed by atoms with Crippen LogP contribution in [-0.2, 0) is 15.8 Å². The fourth-order valence-electron chi connectivity index (χ4n) is 1.64. The molecule has 0 fully saturated rings. The monoisotopic (exact) mass is 376 g/mol. The number of rotatable bonds is 4. The summed E-state index contributed by atoms with van der Waals surface area (Å²) in [5.74, 6) is -2.00. The normalized spacial score (nSPS) is 11.4.